The lowest BCUT2D eigenvalue weighted by Gasteiger charge is -2.43. The fourth-order valence-corrected chi connectivity index (χ4v) is 6.27. The summed E-state index contributed by atoms with van der Waals surface area (Å²) in [6, 6.07) is 0. The van der Waals surface area contributed by atoms with E-state index in [1.54, 1.807) is 27.7 Å². The highest BCUT2D eigenvalue weighted by Crippen LogP contribution is 2.70. The molecule has 2 aliphatic rings. The molecule has 11 heteroatoms. The van der Waals surface area contributed by atoms with Crippen LogP contribution in [0.5, 0.6) is 0 Å². The largest absolute Gasteiger partial charge is 0.481 e. The van der Waals surface area contributed by atoms with E-state index in [-0.39, 0.29) is 17.4 Å². The molecule has 2 rings (SSSR count). The van der Waals surface area contributed by atoms with Crippen LogP contribution in [0.2, 0.25) is 18.1 Å². The van der Waals surface area contributed by atoms with Gasteiger partial charge in [-0.3, -0.25) is 9.59 Å². The van der Waals surface area contributed by atoms with Gasteiger partial charge in [-0.05, 0) is 71.5 Å². The topological polar surface area (TPSA) is 151 Å². The van der Waals surface area contributed by atoms with E-state index in [1.807, 2.05) is 33.9 Å². The van der Waals surface area contributed by atoms with Crippen molar-refractivity contribution in [2.24, 2.45) is 17.3 Å². The molecule has 0 aromatic heterocycles. The first-order chi connectivity index (χ1) is 15.0. The van der Waals surface area contributed by atoms with Gasteiger partial charge in [0.15, 0.2) is 8.32 Å². The molecule has 5 atom stereocenters. The van der Waals surface area contributed by atoms with Gasteiger partial charge in [-0.2, -0.15) is 0 Å². The monoisotopic (exact) mass is 500 g/mol. The second-order valence-corrected chi connectivity index (χ2v) is 17.2. The molecule has 10 nitrogen and oxygen atoms in total. The summed E-state index contributed by atoms with van der Waals surface area (Å²) >= 11 is 0. The molecule has 194 valence electrons. The van der Waals surface area contributed by atoms with Gasteiger partial charge in [0.1, 0.15) is 11.1 Å². The van der Waals surface area contributed by atoms with Crippen LogP contribution in [0, 0.1) is 17.3 Å². The van der Waals surface area contributed by atoms with E-state index >= 15 is 0 Å². The van der Waals surface area contributed by atoms with E-state index in [0.29, 0.717) is 6.42 Å². The summed E-state index contributed by atoms with van der Waals surface area (Å²) in [7, 11) is -2.65. The lowest BCUT2D eigenvalue weighted by atomic mass is 9.83. The number of carboxylic acid groups (broad SMARTS) is 2. The Hall–Kier alpha value is -2.14. The van der Waals surface area contributed by atoms with Crippen molar-refractivity contribution < 1.29 is 38.6 Å². The summed E-state index contributed by atoms with van der Waals surface area (Å²) in [4.78, 5) is 50.8. The number of hydrogen-bond donors (Lipinski definition) is 4. The highest BCUT2D eigenvalue weighted by atomic mass is 28.4. The molecule has 34 heavy (non-hydrogen) atoms. The number of hydrogen-bond acceptors (Lipinski definition) is 6. The van der Waals surface area contributed by atoms with Crippen LogP contribution in [0.1, 0.15) is 68.2 Å². The van der Waals surface area contributed by atoms with Crippen LogP contribution in [0.25, 0.3) is 0 Å². The number of amides is 2. The Labute approximate surface area is 202 Å². The SMILES string of the molecule is CC(C)(C)OC(=O)N[C@@]1(C(=O)NC(C)(O[Si](C)(C)C(C)(C)C)C(=O)O)CC[C@@H]2[C@H]1[C@@]2(C)C(=O)O. The van der Waals surface area contributed by atoms with Crippen molar-refractivity contribution in [3.05, 3.63) is 0 Å². The predicted molar refractivity (Wildman–Crippen MR) is 127 cm³/mol. The molecule has 0 aromatic carbocycles. The molecule has 0 heterocycles. The number of nitrogens with one attached hydrogen (secondary N) is 2. The van der Waals surface area contributed by atoms with E-state index in [0.717, 1.165) is 0 Å². The Morgan fingerprint density at radius 2 is 1.53 bits per heavy atom. The van der Waals surface area contributed by atoms with Gasteiger partial charge in [-0.1, -0.05) is 20.8 Å². The minimum absolute atomic E-state index is 0.159. The number of alkyl carbamates (subject to hydrolysis) is 1. The average Bonchev–Trinajstić information content (AvgIpc) is 3.02. The zero-order valence-electron chi connectivity index (χ0n) is 21.9. The van der Waals surface area contributed by atoms with Crippen LogP contribution in [-0.4, -0.2) is 59.3 Å². The maximum Gasteiger partial charge on any atom is 0.408 e. The summed E-state index contributed by atoms with van der Waals surface area (Å²) in [5.41, 5.74) is -5.78. The van der Waals surface area contributed by atoms with Crippen molar-refractivity contribution in [1.82, 2.24) is 10.6 Å². The lowest BCUT2D eigenvalue weighted by Crippen LogP contribution is -2.68. The molecule has 0 aliphatic heterocycles. The summed E-state index contributed by atoms with van der Waals surface area (Å²) in [5, 5.41) is 24.7. The smallest absolute Gasteiger partial charge is 0.408 e. The van der Waals surface area contributed by atoms with E-state index in [2.05, 4.69) is 10.6 Å². The van der Waals surface area contributed by atoms with E-state index in [9.17, 15) is 29.4 Å². The predicted octanol–water partition coefficient (Wildman–Crippen LogP) is 3.32. The highest BCUT2D eigenvalue weighted by Gasteiger charge is 2.79. The molecular weight excluding hydrogens is 460 g/mol. The third-order valence-corrected chi connectivity index (χ3v) is 12.2. The van der Waals surface area contributed by atoms with Crippen molar-refractivity contribution in [3.63, 3.8) is 0 Å². The van der Waals surface area contributed by atoms with Gasteiger partial charge in [0.25, 0.3) is 0 Å². The fourth-order valence-electron chi connectivity index (χ4n) is 4.81. The molecule has 0 radical (unpaired) electrons. The number of carbonyl (C=O) groups excluding carboxylic acids is 2. The normalized spacial score (nSPS) is 30.5. The van der Waals surface area contributed by atoms with Crippen molar-refractivity contribution in [1.29, 1.82) is 0 Å². The van der Waals surface area contributed by atoms with Gasteiger partial charge in [0.05, 0.1) is 5.41 Å². The van der Waals surface area contributed by atoms with Crippen molar-refractivity contribution in [2.75, 3.05) is 0 Å². The lowest BCUT2D eigenvalue weighted by molar-refractivity contribution is -0.163. The molecule has 2 amide bonds. The number of ether oxygens (including phenoxy) is 1. The summed E-state index contributed by atoms with van der Waals surface area (Å²) in [5.74, 6) is -4.29. The van der Waals surface area contributed by atoms with Crippen LogP contribution in [0.4, 0.5) is 4.79 Å². The third-order valence-electron chi connectivity index (χ3n) is 7.71. The molecule has 0 aromatic rings. The summed E-state index contributed by atoms with van der Waals surface area (Å²) in [6.07, 6.45) is -0.319. The van der Waals surface area contributed by atoms with Gasteiger partial charge in [-0.15, -0.1) is 0 Å². The maximum atomic E-state index is 13.8. The number of carboxylic acids is 2. The first kappa shape index (κ1) is 28.1. The maximum absolute atomic E-state index is 13.8. The minimum atomic E-state index is -2.65. The van der Waals surface area contributed by atoms with Gasteiger partial charge in [0.2, 0.25) is 11.6 Å². The van der Waals surface area contributed by atoms with Crippen molar-refractivity contribution in [2.45, 2.75) is 103 Å². The van der Waals surface area contributed by atoms with Crippen molar-refractivity contribution >= 4 is 32.3 Å². The van der Waals surface area contributed by atoms with E-state index in [4.69, 9.17) is 9.16 Å². The van der Waals surface area contributed by atoms with Crippen LogP contribution < -0.4 is 10.6 Å². The van der Waals surface area contributed by atoms with Crippen molar-refractivity contribution in [3.8, 4) is 0 Å². The second-order valence-electron chi connectivity index (χ2n) is 12.5. The van der Waals surface area contributed by atoms with Crippen LogP contribution in [-0.2, 0) is 23.5 Å². The number of rotatable bonds is 7. The quantitative estimate of drug-likeness (QED) is 0.307. The number of fused-ring (bicyclic) bond motifs is 1. The minimum Gasteiger partial charge on any atom is -0.481 e. The first-order valence-corrected chi connectivity index (χ1v) is 14.4. The zero-order valence-corrected chi connectivity index (χ0v) is 22.9. The highest BCUT2D eigenvalue weighted by molar-refractivity contribution is 6.74. The van der Waals surface area contributed by atoms with E-state index in [1.165, 1.54) is 6.92 Å². The second kappa shape index (κ2) is 8.22. The number of carbonyl (C=O) groups is 4. The average molecular weight is 501 g/mol. The molecule has 4 N–H and O–H groups in total. The molecule has 2 saturated carbocycles. The molecule has 0 bridgehead atoms. The molecule has 1 unspecified atom stereocenters. The molecule has 0 saturated heterocycles. The Bertz CT molecular complexity index is 892. The van der Waals surface area contributed by atoms with Gasteiger partial charge in [0, 0.05) is 5.92 Å². The summed E-state index contributed by atoms with van der Waals surface area (Å²) < 4.78 is 11.5. The fraction of sp³-hybridized carbons (Fsp3) is 0.826. The Balaban J connectivity index is 2.45. The van der Waals surface area contributed by atoms with Crippen LogP contribution in [0.3, 0.4) is 0 Å². The Kier molecular flexibility index (Phi) is 6.79. The van der Waals surface area contributed by atoms with Crippen LogP contribution >= 0.6 is 0 Å². The van der Waals surface area contributed by atoms with Gasteiger partial charge < -0.3 is 30.0 Å². The van der Waals surface area contributed by atoms with Crippen LogP contribution in [0.15, 0.2) is 0 Å². The third kappa shape index (κ3) is 4.82. The molecule has 2 aliphatic carbocycles. The first-order valence-electron chi connectivity index (χ1n) is 11.5. The van der Waals surface area contributed by atoms with Gasteiger partial charge in [-0.25, -0.2) is 9.59 Å². The number of aliphatic carboxylic acids is 2. The van der Waals surface area contributed by atoms with E-state index < -0.39 is 60.5 Å². The van der Waals surface area contributed by atoms with Gasteiger partial charge >= 0.3 is 18.0 Å². The molecule has 0 spiro atoms. The Morgan fingerprint density at radius 3 is 1.91 bits per heavy atom. The Morgan fingerprint density at radius 1 is 1.00 bits per heavy atom. The summed E-state index contributed by atoms with van der Waals surface area (Å²) in [6.45, 7) is 17.4. The standard InChI is InChI=1S/C23H40N2O8Si/c1-19(2,3)32-18(31)25-23(12-11-13-14(23)21(13,7)16(27)28)15(26)24-22(8,17(29)30)33-34(9,10)20(4,5)6/h13-14H,11-12H2,1-10H3,(H,24,26)(H,25,31)(H,27,28)(H,29,30)/t13-,14+,21+,22?,23+/m1/s1. The molecule has 2 fully saturated rings. The zero-order chi connectivity index (χ0) is 26.7. The molecular formula is C23H40N2O8Si.